The lowest BCUT2D eigenvalue weighted by molar-refractivity contribution is -0.256. The molecular formula is C18H22O10S. The average molecular weight is 430 g/mol. The van der Waals surface area contributed by atoms with Crippen molar-refractivity contribution >= 4 is 35.6 Å². The minimum atomic E-state index is -1.06. The molecule has 0 amide bonds. The number of cyclic esters (lactones) is 1. The minimum Gasteiger partial charge on any atom is -0.466 e. The van der Waals surface area contributed by atoms with E-state index >= 15 is 0 Å². The molecule has 11 heteroatoms. The van der Waals surface area contributed by atoms with Crippen LogP contribution in [0, 0.1) is 0 Å². The topological polar surface area (TPSA) is 124 Å². The van der Waals surface area contributed by atoms with E-state index in [0.29, 0.717) is 12.2 Å². The van der Waals surface area contributed by atoms with Crippen molar-refractivity contribution in [1.82, 2.24) is 0 Å². The Kier molecular flexibility index (Phi) is 6.37. The van der Waals surface area contributed by atoms with E-state index in [9.17, 15) is 19.2 Å². The zero-order chi connectivity index (χ0) is 21.3. The Morgan fingerprint density at radius 2 is 1.69 bits per heavy atom. The smallest absolute Gasteiger partial charge is 0.348 e. The van der Waals surface area contributed by atoms with Gasteiger partial charge in [-0.05, 0) is 6.92 Å². The number of thioether (sulfide) groups is 1. The van der Waals surface area contributed by atoms with Gasteiger partial charge in [0.05, 0.1) is 0 Å². The molecule has 0 saturated carbocycles. The summed E-state index contributed by atoms with van der Waals surface area (Å²) in [7, 11) is 0. The monoisotopic (exact) mass is 430 g/mol. The summed E-state index contributed by atoms with van der Waals surface area (Å²) in [6, 6.07) is 0. The average Bonchev–Trinajstić information content (AvgIpc) is 2.60. The first-order valence-electron chi connectivity index (χ1n) is 9.06. The Bertz CT molecular complexity index is 747. The fraction of sp³-hybridized carbons (Fsp3) is 0.667. The summed E-state index contributed by atoms with van der Waals surface area (Å²) in [6.45, 7) is 5.16. The standard InChI is InChI=1S/C18H22O10S/c1-7-5-11-15(17(22)24-7)29-16-14(26-10(4)21)13(25-9(3)20)12(6-23-8(2)19)28-18(16)27-11/h7,12-14,16,18H,5-6H2,1-4H3/t7-,12+,13-,14-,16+,18-/m0/s1. The van der Waals surface area contributed by atoms with Gasteiger partial charge in [-0.25, -0.2) is 4.79 Å². The van der Waals surface area contributed by atoms with E-state index in [-0.39, 0.29) is 17.6 Å². The summed E-state index contributed by atoms with van der Waals surface area (Å²) in [4.78, 5) is 47.2. The van der Waals surface area contributed by atoms with Crippen LogP contribution in [0.2, 0.25) is 0 Å². The van der Waals surface area contributed by atoms with Crippen molar-refractivity contribution in [1.29, 1.82) is 0 Å². The number of ether oxygens (including phenoxy) is 6. The molecule has 1 saturated heterocycles. The first-order valence-corrected chi connectivity index (χ1v) is 9.94. The van der Waals surface area contributed by atoms with Crippen LogP contribution in [-0.2, 0) is 47.6 Å². The molecule has 160 valence electrons. The van der Waals surface area contributed by atoms with Crippen LogP contribution >= 0.6 is 11.8 Å². The molecular weight excluding hydrogens is 408 g/mol. The molecule has 0 spiro atoms. The van der Waals surface area contributed by atoms with Crippen LogP contribution in [0.1, 0.15) is 34.1 Å². The van der Waals surface area contributed by atoms with E-state index in [0.717, 1.165) is 11.8 Å². The molecule has 3 aliphatic rings. The molecule has 29 heavy (non-hydrogen) atoms. The number of hydrogen-bond donors (Lipinski definition) is 0. The van der Waals surface area contributed by atoms with Gasteiger partial charge in [0.25, 0.3) is 0 Å². The summed E-state index contributed by atoms with van der Waals surface area (Å²) in [5.41, 5.74) is 0. The van der Waals surface area contributed by atoms with Crippen molar-refractivity contribution in [3.63, 3.8) is 0 Å². The largest absolute Gasteiger partial charge is 0.466 e. The van der Waals surface area contributed by atoms with Gasteiger partial charge in [0.1, 0.15) is 34.7 Å². The van der Waals surface area contributed by atoms with Crippen LogP contribution in [0.15, 0.2) is 10.7 Å². The predicted molar refractivity (Wildman–Crippen MR) is 96.1 cm³/mol. The van der Waals surface area contributed by atoms with Gasteiger partial charge in [-0.1, -0.05) is 0 Å². The number of hydrogen-bond acceptors (Lipinski definition) is 11. The zero-order valence-corrected chi connectivity index (χ0v) is 17.2. The summed E-state index contributed by atoms with van der Waals surface area (Å²) < 4.78 is 32.9. The number of carbonyl (C=O) groups is 4. The quantitative estimate of drug-likeness (QED) is 0.465. The van der Waals surface area contributed by atoms with E-state index in [4.69, 9.17) is 28.4 Å². The molecule has 0 aromatic carbocycles. The summed E-state index contributed by atoms with van der Waals surface area (Å²) in [5.74, 6) is -1.89. The van der Waals surface area contributed by atoms with Crippen molar-refractivity contribution < 1.29 is 47.6 Å². The molecule has 3 aliphatic heterocycles. The molecule has 10 nitrogen and oxygen atoms in total. The third-order valence-electron chi connectivity index (χ3n) is 4.38. The first kappa shape index (κ1) is 21.4. The van der Waals surface area contributed by atoms with Crippen molar-refractivity contribution in [3.05, 3.63) is 10.7 Å². The highest BCUT2D eigenvalue weighted by molar-refractivity contribution is 8.04. The maximum absolute atomic E-state index is 12.3. The lowest BCUT2D eigenvalue weighted by atomic mass is 10.00. The van der Waals surface area contributed by atoms with Gasteiger partial charge in [0.15, 0.2) is 12.2 Å². The maximum atomic E-state index is 12.3. The summed E-state index contributed by atoms with van der Waals surface area (Å²) in [6.07, 6.45) is -3.87. The molecule has 0 aromatic rings. The second-order valence-corrected chi connectivity index (χ2v) is 8.05. The van der Waals surface area contributed by atoms with Gasteiger partial charge in [0, 0.05) is 27.2 Å². The van der Waals surface area contributed by atoms with Crippen LogP contribution < -0.4 is 0 Å². The SMILES string of the molecule is CC(=O)OC[C@H]1O[C@@H]2OC3=C(S[C@@H]2[C@@H](OC(C)=O)[C@H]1OC(C)=O)C(=O)O[C@@H](C)C3. The Morgan fingerprint density at radius 1 is 1.03 bits per heavy atom. The highest BCUT2D eigenvalue weighted by atomic mass is 32.2. The molecule has 3 rings (SSSR count). The second-order valence-electron chi connectivity index (χ2n) is 6.87. The van der Waals surface area contributed by atoms with Crippen molar-refractivity contribution in [2.24, 2.45) is 0 Å². The van der Waals surface area contributed by atoms with Gasteiger partial charge in [-0.2, -0.15) is 0 Å². The van der Waals surface area contributed by atoms with Crippen LogP contribution in [0.5, 0.6) is 0 Å². The van der Waals surface area contributed by atoms with Gasteiger partial charge >= 0.3 is 23.9 Å². The van der Waals surface area contributed by atoms with Crippen molar-refractivity contribution in [3.8, 4) is 0 Å². The van der Waals surface area contributed by atoms with Crippen molar-refractivity contribution in [2.45, 2.75) is 70.1 Å². The van der Waals surface area contributed by atoms with E-state index in [1.54, 1.807) is 6.92 Å². The third kappa shape index (κ3) is 4.84. The predicted octanol–water partition coefficient (Wildman–Crippen LogP) is 0.817. The van der Waals surface area contributed by atoms with E-state index in [1.165, 1.54) is 20.8 Å². The lowest BCUT2D eigenvalue weighted by Gasteiger charge is -2.47. The fourth-order valence-corrected chi connectivity index (χ4v) is 4.58. The zero-order valence-electron chi connectivity index (χ0n) is 16.4. The number of carbonyl (C=O) groups excluding carboxylic acids is 4. The van der Waals surface area contributed by atoms with Gasteiger partial charge in [-0.3, -0.25) is 14.4 Å². The molecule has 0 N–H and O–H groups in total. The summed E-state index contributed by atoms with van der Waals surface area (Å²) in [5, 5.41) is -0.698. The van der Waals surface area contributed by atoms with Crippen LogP contribution in [0.25, 0.3) is 0 Å². The number of rotatable bonds is 4. The Hall–Kier alpha value is -2.27. The van der Waals surface area contributed by atoms with E-state index in [1.807, 2.05) is 0 Å². The van der Waals surface area contributed by atoms with Crippen LogP contribution in [0.3, 0.4) is 0 Å². The number of fused-ring (bicyclic) bond motifs is 1. The number of esters is 4. The molecule has 0 aliphatic carbocycles. The molecule has 0 bridgehead atoms. The fourth-order valence-electron chi connectivity index (χ4n) is 3.33. The van der Waals surface area contributed by atoms with Gasteiger partial charge in [0.2, 0.25) is 6.29 Å². The van der Waals surface area contributed by atoms with Crippen LogP contribution in [0.4, 0.5) is 0 Å². The minimum absolute atomic E-state index is 0.230. The first-order chi connectivity index (χ1) is 13.7. The van der Waals surface area contributed by atoms with Gasteiger partial charge in [-0.15, -0.1) is 11.8 Å². The molecule has 3 heterocycles. The molecule has 1 fully saturated rings. The third-order valence-corrected chi connectivity index (χ3v) is 5.77. The highest BCUT2D eigenvalue weighted by Gasteiger charge is 2.55. The Balaban J connectivity index is 1.93. The molecule has 0 unspecified atom stereocenters. The lowest BCUT2D eigenvalue weighted by Crippen LogP contribution is -2.61. The van der Waals surface area contributed by atoms with Gasteiger partial charge < -0.3 is 28.4 Å². The van der Waals surface area contributed by atoms with Crippen molar-refractivity contribution in [2.75, 3.05) is 6.61 Å². The normalized spacial score (nSPS) is 33.4. The van der Waals surface area contributed by atoms with Crippen LogP contribution in [-0.4, -0.2) is 66.4 Å². The second kappa shape index (κ2) is 8.62. The summed E-state index contributed by atoms with van der Waals surface area (Å²) >= 11 is 1.10. The maximum Gasteiger partial charge on any atom is 0.348 e. The Morgan fingerprint density at radius 3 is 2.31 bits per heavy atom. The van der Waals surface area contributed by atoms with E-state index < -0.39 is 53.7 Å². The molecule has 0 radical (unpaired) electrons. The Labute approximate surface area is 171 Å². The highest BCUT2D eigenvalue weighted by Crippen LogP contribution is 2.46. The molecule has 6 atom stereocenters. The molecule has 0 aromatic heterocycles. The van der Waals surface area contributed by atoms with E-state index in [2.05, 4.69) is 0 Å².